The highest BCUT2D eigenvalue weighted by Gasteiger charge is 2.26. The molecule has 0 aliphatic heterocycles. The topological polar surface area (TPSA) is 62.4 Å². The SMILES string of the molecule is CCCCN(Cc1ccccc1)C(=O)c1c(C)[nH]c(C(=O)OCC)c1C. The minimum absolute atomic E-state index is 0.0518. The van der Waals surface area contributed by atoms with E-state index >= 15 is 0 Å². The monoisotopic (exact) mass is 356 g/mol. The molecule has 0 spiro atoms. The molecule has 0 fully saturated rings. The van der Waals surface area contributed by atoms with Crippen LogP contribution in [0.15, 0.2) is 30.3 Å². The molecule has 2 rings (SSSR count). The number of hydrogen-bond donors (Lipinski definition) is 1. The molecule has 5 nitrogen and oxygen atoms in total. The number of nitrogens with zero attached hydrogens (tertiary/aromatic N) is 1. The van der Waals surface area contributed by atoms with Crippen molar-refractivity contribution in [3.05, 3.63) is 58.4 Å². The summed E-state index contributed by atoms with van der Waals surface area (Å²) in [5, 5.41) is 0. The number of amides is 1. The van der Waals surface area contributed by atoms with Gasteiger partial charge in [-0.3, -0.25) is 4.79 Å². The number of unbranched alkanes of at least 4 members (excludes halogenated alkanes) is 1. The maximum atomic E-state index is 13.2. The molecule has 1 N–H and O–H groups in total. The van der Waals surface area contributed by atoms with E-state index in [0.29, 0.717) is 42.2 Å². The van der Waals surface area contributed by atoms with E-state index in [1.54, 1.807) is 13.8 Å². The molecule has 0 unspecified atom stereocenters. The molecule has 1 heterocycles. The first-order valence-corrected chi connectivity index (χ1v) is 9.19. The molecule has 0 atom stereocenters. The molecule has 5 heteroatoms. The third-order valence-electron chi connectivity index (χ3n) is 4.42. The van der Waals surface area contributed by atoms with Gasteiger partial charge < -0.3 is 14.6 Å². The number of esters is 1. The van der Waals surface area contributed by atoms with Crippen LogP contribution in [0.25, 0.3) is 0 Å². The molecule has 1 amide bonds. The fourth-order valence-corrected chi connectivity index (χ4v) is 3.04. The smallest absolute Gasteiger partial charge is 0.355 e. The Labute approximate surface area is 155 Å². The molecule has 0 bridgehead atoms. The molecular formula is C21H28N2O3. The van der Waals surface area contributed by atoms with Crippen molar-refractivity contribution in [2.45, 2.75) is 47.1 Å². The van der Waals surface area contributed by atoms with Crippen molar-refractivity contribution in [1.29, 1.82) is 0 Å². The number of carbonyl (C=O) groups excluding carboxylic acids is 2. The van der Waals surface area contributed by atoms with Gasteiger partial charge in [-0.2, -0.15) is 0 Å². The summed E-state index contributed by atoms with van der Waals surface area (Å²) in [6, 6.07) is 9.96. The van der Waals surface area contributed by atoms with E-state index in [-0.39, 0.29) is 5.91 Å². The Morgan fingerprint density at radius 2 is 1.81 bits per heavy atom. The van der Waals surface area contributed by atoms with Gasteiger partial charge in [-0.05, 0) is 38.3 Å². The van der Waals surface area contributed by atoms with Crippen molar-refractivity contribution in [3.63, 3.8) is 0 Å². The van der Waals surface area contributed by atoms with Crippen molar-refractivity contribution in [2.24, 2.45) is 0 Å². The van der Waals surface area contributed by atoms with Crippen LogP contribution in [0.5, 0.6) is 0 Å². The summed E-state index contributed by atoms with van der Waals surface area (Å²) in [5.41, 5.74) is 3.38. The number of benzene rings is 1. The Hall–Kier alpha value is -2.56. The fourth-order valence-electron chi connectivity index (χ4n) is 3.04. The van der Waals surface area contributed by atoms with Gasteiger partial charge in [-0.25, -0.2) is 4.79 Å². The lowest BCUT2D eigenvalue weighted by Crippen LogP contribution is -2.32. The molecule has 140 valence electrons. The van der Waals surface area contributed by atoms with Crippen molar-refractivity contribution >= 4 is 11.9 Å². The van der Waals surface area contributed by atoms with Gasteiger partial charge in [0.1, 0.15) is 5.69 Å². The van der Waals surface area contributed by atoms with Crippen LogP contribution < -0.4 is 0 Å². The first kappa shape index (κ1) is 19.8. The first-order chi connectivity index (χ1) is 12.5. The van der Waals surface area contributed by atoms with Crippen LogP contribution in [-0.2, 0) is 11.3 Å². The van der Waals surface area contributed by atoms with E-state index in [9.17, 15) is 9.59 Å². The number of aryl methyl sites for hydroxylation is 1. The minimum Gasteiger partial charge on any atom is -0.461 e. The second kappa shape index (κ2) is 9.22. The Morgan fingerprint density at radius 3 is 2.42 bits per heavy atom. The molecule has 1 aromatic heterocycles. The molecule has 0 radical (unpaired) electrons. The Morgan fingerprint density at radius 1 is 1.12 bits per heavy atom. The van der Waals surface area contributed by atoms with Gasteiger partial charge >= 0.3 is 5.97 Å². The zero-order valence-electron chi connectivity index (χ0n) is 16.1. The highest BCUT2D eigenvalue weighted by molar-refractivity contribution is 6.01. The predicted molar refractivity (Wildman–Crippen MR) is 102 cm³/mol. The van der Waals surface area contributed by atoms with Crippen LogP contribution in [0, 0.1) is 13.8 Å². The van der Waals surface area contributed by atoms with Crippen molar-refractivity contribution < 1.29 is 14.3 Å². The number of rotatable bonds is 8. The quantitative estimate of drug-likeness (QED) is 0.719. The van der Waals surface area contributed by atoms with E-state index in [2.05, 4.69) is 11.9 Å². The average Bonchev–Trinajstić information content (AvgIpc) is 2.93. The summed E-state index contributed by atoms with van der Waals surface area (Å²) >= 11 is 0. The number of carbonyl (C=O) groups is 2. The lowest BCUT2D eigenvalue weighted by atomic mass is 10.1. The molecule has 0 saturated heterocycles. The highest BCUT2D eigenvalue weighted by Crippen LogP contribution is 2.22. The summed E-state index contributed by atoms with van der Waals surface area (Å²) in [5.74, 6) is -0.473. The molecule has 26 heavy (non-hydrogen) atoms. The van der Waals surface area contributed by atoms with Crippen LogP contribution in [-0.4, -0.2) is 34.9 Å². The van der Waals surface area contributed by atoms with Crippen molar-refractivity contribution in [2.75, 3.05) is 13.2 Å². The molecule has 0 saturated carbocycles. The molecule has 1 aromatic carbocycles. The van der Waals surface area contributed by atoms with E-state index in [1.165, 1.54) is 0 Å². The lowest BCUT2D eigenvalue weighted by Gasteiger charge is -2.23. The predicted octanol–water partition coefficient (Wildman–Crippen LogP) is 4.25. The average molecular weight is 356 g/mol. The summed E-state index contributed by atoms with van der Waals surface area (Å²) in [6.07, 6.45) is 1.95. The number of hydrogen-bond acceptors (Lipinski definition) is 3. The Kier molecular flexibility index (Phi) is 7.01. The van der Waals surface area contributed by atoms with Crippen LogP contribution >= 0.6 is 0 Å². The Balaban J connectivity index is 2.31. The van der Waals surface area contributed by atoms with Gasteiger partial charge in [0.05, 0.1) is 12.2 Å². The van der Waals surface area contributed by atoms with Crippen molar-refractivity contribution in [3.8, 4) is 0 Å². The van der Waals surface area contributed by atoms with Gasteiger partial charge in [-0.15, -0.1) is 0 Å². The Bertz CT molecular complexity index is 750. The molecule has 0 aliphatic rings. The third-order valence-corrected chi connectivity index (χ3v) is 4.42. The maximum absolute atomic E-state index is 13.2. The summed E-state index contributed by atoms with van der Waals surface area (Å²) in [6.45, 7) is 9.03. The number of aromatic amines is 1. The number of aromatic nitrogens is 1. The minimum atomic E-state index is -0.421. The largest absolute Gasteiger partial charge is 0.461 e. The number of H-pyrrole nitrogens is 1. The second-order valence-corrected chi connectivity index (χ2v) is 6.41. The first-order valence-electron chi connectivity index (χ1n) is 9.19. The lowest BCUT2D eigenvalue weighted by molar-refractivity contribution is 0.0519. The molecular weight excluding hydrogens is 328 g/mol. The van der Waals surface area contributed by atoms with Gasteiger partial charge in [0.15, 0.2) is 0 Å². The molecule has 0 aliphatic carbocycles. The van der Waals surface area contributed by atoms with Crippen LogP contribution in [0.2, 0.25) is 0 Å². The summed E-state index contributed by atoms with van der Waals surface area (Å²) < 4.78 is 5.08. The number of nitrogens with one attached hydrogen (secondary N) is 1. The van der Waals surface area contributed by atoms with Crippen molar-refractivity contribution in [1.82, 2.24) is 9.88 Å². The second-order valence-electron chi connectivity index (χ2n) is 6.41. The van der Waals surface area contributed by atoms with Crippen LogP contribution in [0.4, 0.5) is 0 Å². The van der Waals surface area contributed by atoms with Crippen LogP contribution in [0.1, 0.15) is 64.4 Å². The van der Waals surface area contributed by atoms with Gasteiger partial charge in [0.25, 0.3) is 5.91 Å². The van der Waals surface area contributed by atoms with E-state index in [1.807, 2.05) is 42.2 Å². The normalized spacial score (nSPS) is 10.6. The summed E-state index contributed by atoms with van der Waals surface area (Å²) in [7, 11) is 0. The fraction of sp³-hybridized carbons (Fsp3) is 0.429. The van der Waals surface area contributed by atoms with E-state index in [4.69, 9.17) is 4.74 Å². The van der Waals surface area contributed by atoms with Gasteiger partial charge in [-0.1, -0.05) is 43.7 Å². The van der Waals surface area contributed by atoms with Gasteiger partial charge in [0.2, 0.25) is 0 Å². The standard InChI is InChI=1S/C21H28N2O3/c1-5-7-13-23(14-17-11-9-8-10-12-17)20(24)18-15(3)19(22-16(18)4)21(25)26-6-2/h8-12,22H,5-7,13-14H2,1-4H3. The zero-order valence-corrected chi connectivity index (χ0v) is 16.1. The third kappa shape index (κ3) is 4.54. The molecule has 2 aromatic rings. The van der Waals surface area contributed by atoms with Gasteiger partial charge in [0, 0.05) is 18.8 Å². The maximum Gasteiger partial charge on any atom is 0.355 e. The number of ether oxygens (including phenoxy) is 1. The highest BCUT2D eigenvalue weighted by atomic mass is 16.5. The van der Waals surface area contributed by atoms with E-state index in [0.717, 1.165) is 18.4 Å². The van der Waals surface area contributed by atoms with E-state index < -0.39 is 5.97 Å². The van der Waals surface area contributed by atoms with Crippen LogP contribution in [0.3, 0.4) is 0 Å². The zero-order chi connectivity index (χ0) is 19.1. The summed E-state index contributed by atoms with van der Waals surface area (Å²) in [4.78, 5) is 30.2.